The zero-order valence-corrected chi connectivity index (χ0v) is 14.4. The van der Waals surface area contributed by atoms with E-state index in [4.69, 9.17) is 21.1 Å². The number of aliphatic hydroxyl groups is 1. The summed E-state index contributed by atoms with van der Waals surface area (Å²) in [5.41, 5.74) is 0.873. The van der Waals surface area contributed by atoms with Gasteiger partial charge >= 0.3 is 0 Å². The van der Waals surface area contributed by atoms with Crippen LogP contribution in [0.2, 0.25) is 5.02 Å². The van der Waals surface area contributed by atoms with Gasteiger partial charge in [-0.3, -0.25) is 4.90 Å². The molecule has 1 heterocycles. The van der Waals surface area contributed by atoms with Gasteiger partial charge in [0.1, 0.15) is 0 Å². The number of rotatable bonds is 5. The summed E-state index contributed by atoms with van der Waals surface area (Å²) in [6, 6.07) is 3.95. The lowest BCUT2D eigenvalue weighted by Gasteiger charge is -2.42. The Hall–Kier alpha value is -1.01. The summed E-state index contributed by atoms with van der Waals surface area (Å²) >= 11 is 6.51. The second kappa shape index (κ2) is 7.51. The monoisotopic (exact) mass is 328 g/mol. The smallest absolute Gasteiger partial charge is 0.179 e. The van der Waals surface area contributed by atoms with Gasteiger partial charge in [-0.1, -0.05) is 17.7 Å². The summed E-state index contributed by atoms with van der Waals surface area (Å²) in [7, 11) is 5.27. The van der Waals surface area contributed by atoms with E-state index >= 15 is 0 Å². The van der Waals surface area contributed by atoms with Crippen LogP contribution in [-0.2, 0) is 0 Å². The van der Waals surface area contributed by atoms with E-state index in [1.165, 1.54) is 0 Å². The molecule has 0 saturated carbocycles. The van der Waals surface area contributed by atoms with Gasteiger partial charge in [0.2, 0.25) is 0 Å². The van der Waals surface area contributed by atoms with Gasteiger partial charge in [-0.2, -0.15) is 0 Å². The first-order chi connectivity index (χ1) is 10.5. The lowest BCUT2D eigenvalue weighted by molar-refractivity contribution is 0.0341. The number of hydrogen-bond donors (Lipinski definition) is 1. The second-order valence-corrected chi connectivity index (χ2v) is 6.13. The Morgan fingerprint density at radius 1 is 1.32 bits per heavy atom. The van der Waals surface area contributed by atoms with Crippen molar-refractivity contribution >= 4 is 11.6 Å². The van der Waals surface area contributed by atoms with Crippen molar-refractivity contribution in [1.82, 2.24) is 9.80 Å². The molecular weight excluding hydrogens is 304 g/mol. The largest absolute Gasteiger partial charge is 0.493 e. The van der Waals surface area contributed by atoms with Crippen molar-refractivity contribution in [2.75, 3.05) is 47.5 Å². The molecule has 2 atom stereocenters. The first kappa shape index (κ1) is 17.3. The zero-order chi connectivity index (χ0) is 16.3. The maximum Gasteiger partial charge on any atom is 0.179 e. The van der Waals surface area contributed by atoms with Crippen molar-refractivity contribution in [2.24, 2.45) is 0 Å². The molecule has 1 aromatic carbocycles. The van der Waals surface area contributed by atoms with Crippen LogP contribution >= 0.6 is 11.6 Å². The number of methoxy groups -OCH3 is 2. The highest BCUT2D eigenvalue weighted by atomic mass is 35.5. The molecule has 1 fully saturated rings. The van der Waals surface area contributed by atoms with E-state index in [1.807, 2.05) is 12.1 Å². The van der Waals surface area contributed by atoms with E-state index in [1.54, 1.807) is 14.2 Å². The number of aliphatic hydroxyl groups excluding tert-OH is 1. The second-order valence-electron chi connectivity index (χ2n) is 5.75. The fourth-order valence-electron chi connectivity index (χ4n) is 3.16. The Kier molecular flexibility index (Phi) is 5.92. The summed E-state index contributed by atoms with van der Waals surface area (Å²) in [6.07, 6.45) is 0. The molecule has 0 aliphatic carbocycles. The van der Waals surface area contributed by atoms with Gasteiger partial charge in [0, 0.05) is 25.7 Å². The molecule has 0 radical (unpaired) electrons. The Bertz CT molecular complexity index is 512. The highest BCUT2D eigenvalue weighted by Gasteiger charge is 2.31. The Balaban J connectivity index is 2.35. The molecule has 1 aliphatic rings. The molecule has 0 amide bonds. The number of halogens is 1. The highest BCUT2D eigenvalue weighted by Crippen LogP contribution is 2.41. The molecule has 1 saturated heterocycles. The molecule has 1 N–H and O–H groups in total. The zero-order valence-electron chi connectivity index (χ0n) is 13.7. The average molecular weight is 329 g/mol. The molecule has 1 aliphatic heterocycles. The van der Waals surface area contributed by atoms with Gasteiger partial charge in [0.25, 0.3) is 0 Å². The Morgan fingerprint density at radius 2 is 2.05 bits per heavy atom. The van der Waals surface area contributed by atoms with Crippen LogP contribution in [0.25, 0.3) is 0 Å². The highest BCUT2D eigenvalue weighted by molar-refractivity contribution is 6.33. The van der Waals surface area contributed by atoms with Crippen LogP contribution in [0.5, 0.6) is 11.5 Å². The quantitative estimate of drug-likeness (QED) is 0.896. The number of hydrogen-bond acceptors (Lipinski definition) is 5. The topological polar surface area (TPSA) is 45.2 Å². The van der Waals surface area contributed by atoms with Crippen molar-refractivity contribution in [3.63, 3.8) is 0 Å². The molecule has 124 valence electrons. The number of ether oxygens (including phenoxy) is 2. The summed E-state index contributed by atoms with van der Waals surface area (Å²) < 4.78 is 10.6. The van der Waals surface area contributed by atoms with Crippen molar-refractivity contribution < 1.29 is 14.6 Å². The minimum Gasteiger partial charge on any atom is -0.493 e. The van der Waals surface area contributed by atoms with Crippen molar-refractivity contribution in [2.45, 2.75) is 19.0 Å². The van der Waals surface area contributed by atoms with Gasteiger partial charge in [0.15, 0.2) is 11.5 Å². The minimum absolute atomic E-state index is 0.0171. The number of nitrogens with zero attached hydrogens (tertiary/aromatic N) is 2. The van der Waals surface area contributed by atoms with Crippen LogP contribution < -0.4 is 9.47 Å². The maximum atomic E-state index is 9.94. The first-order valence-electron chi connectivity index (χ1n) is 7.49. The van der Waals surface area contributed by atoms with Crippen molar-refractivity contribution in [1.29, 1.82) is 0 Å². The van der Waals surface area contributed by atoms with Gasteiger partial charge in [0.05, 0.1) is 31.9 Å². The summed E-state index contributed by atoms with van der Waals surface area (Å²) in [6.45, 7) is 5.04. The van der Waals surface area contributed by atoms with Crippen LogP contribution in [0.15, 0.2) is 12.1 Å². The molecule has 1 aromatic rings. The van der Waals surface area contributed by atoms with Crippen molar-refractivity contribution in [3.05, 3.63) is 22.7 Å². The summed E-state index contributed by atoms with van der Waals surface area (Å²) in [4.78, 5) is 4.60. The van der Waals surface area contributed by atoms with Gasteiger partial charge in [-0.25, -0.2) is 0 Å². The standard InChI is InChI=1S/C16H25ClN2O3/c1-11-9-18(2)7-8-19(11)13(10-20)12-5-6-14(21-3)16(22-4)15(12)17/h5-6,11,13,20H,7-10H2,1-4H3. The SMILES string of the molecule is COc1ccc(C(CO)N2CCN(C)CC2C)c(Cl)c1OC. The van der Waals surface area contributed by atoms with Gasteiger partial charge < -0.3 is 19.5 Å². The lowest BCUT2D eigenvalue weighted by Crippen LogP contribution is -2.52. The number of piperazine rings is 1. The molecule has 22 heavy (non-hydrogen) atoms. The predicted molar refractivity (Wildman–Crippen MR) is 88.0 cm³/mol. The van der Waals surface area contributed by atoms with E-state index in [0.717, 1.165) is 25.2 Å². The fraction of sp³-hybridized carbons (Fsp3) is 0.625. The number of benzene rings is 1. The Labute approximate surface area is 137 Å². The third kappa shape index (κ3) is 3.33. The van der Waals surface area contributed by atoms with E-state index in [9.17, 15) is 5.11 Å². The molecule has 0 bridgehead atoms. The predicted octanol–water partition coefficient (Wildman–Crippen LogP) is 2.03. The first-order valence-corrected chi connectivity index (χ1v) is 7.86. The van der Waals surface area contributed by atoms with Crippen LogP contribution in [-0.4, -0.2) is 68.5 Å². The minimum atomic E-state index is -0.143. The van der Waals surface area contributed by atoms with E-state index in [2.05, 4.69) is 23.8 Å². The maximum absolute atomic E-state index is 9.94. The third-order valence-corrected chi connectivity index (χ3v) is 4.72. The van der Waals surface area contributed by atoms with Crippen LogP contribution in [0.4, 0.5) is 0 Å². The molecule has 6 heteroatoms. The summed E-state index contributed by atoms with van der Waals surface area (Å²) in [5.74, 6) is 1.11. The average Bonchev–Trinajstić information content (AvgIpc) is 2.50. The molecule has 0 spiro atoms. The van der Waals surface area contributed by atoms with Crippen LogP contribution in [0, 0.1) is 0 Å². The summed E-state index contributed by atoms with van der Waals surface area (Å²) in [5, 5.41) is 10.5. The number of likely N-dealkylation sites (N-methyl/N-ethyl adjacent to an activating group) is 1. The van der Waals surface area contributed by atoms with Crippen molar-refractivity contribution in [3.8, 4) is 11.5 Å². The molecular formula is C16H25ClN2O3. The fourth-order valence-corrected chi connectivity index (χ4v) is 3.52. The van der Waals surface area contributed by atoms with Gasteiger partial charge in [-0.15, -0.1) is 0 Å². The van der Waals surface area contributed by atoms with Crippen LogP contribution in [0.3, 0.4) is 0 Å². The molecule has 5 nitrogen and oxygen atoms in total. The molecule has 2 unspecified atom stereocenters. The normalized spacial score (nSPS) is 21.6. The molecule has 2 rings (SSSR count). The lowest BCUT2D eigenvalue weighted by atomic mass is 10.0. The van der Waals surface area contributed by atoms with E-state index in [0.29, 0.717) is 22.6 Å². The van der Waals surface area contributed by atoms with E-state index in [-0.39, 0.29) is 12.6 Å². The third-order valence-electron chi connectivity index (χ3n) is 4.33. The van der Waals surface area contributed by atoms with Crippen LogP contribution in [0.1, 0.15) is 18.5 Å². The van der Waals surface area contributed by atoms with E-state index < -0.39 is 0 Å². The van der Waals surface area contributed by atoms with Gasteiger partial charge in [-0.05, 0) is 25.6 Å². The Morgan fingerprint density at radius 3 is 2.59 bits per heavy atom. The molecule has 0 aromatic heterocycles.